The Hall–Kier alpha value is -2.10. The molecule has 3 aromatic carbocycles. The van der Waals surface area contributed by atoms with E-state index in [1.54, 1.807) is 0 Å². The topological polar surface area (TPSA) is 17.8 Å². The van der Waals surface area contributed by atoms with Crippen LogP contribution in [0.15, 0.2) is 77.3 Å². The summed E-state index contributed by atoms with van der Waals surface area (Å²) in [6.45, 7) is 5.26. The standard InChI is InChI=1S/C23H21BrN2.ClH/c1-16(2)18-12-10-17(11-13-18)15-26-22-9-4-3-8-21(22)25-23(26)19-6-5-7-20(24)14-19;/h3-14,16H,15H2,1-2H3;1H. The lowest BCUT2D eigenvalue weighted by Crippen LogP contribution is -2.02. The summed E-state index contributed by atoms with van der Waals surface area (Å²) in [4.78, 5) is 4.91. The van der Waals surface area contributed by atoms with Crippen molar-refractivity contribution in [2.45, 2.75) is 26.3 Å². The van der Waals surface area contributed by atoms with Crippen LogP contribution in [0.4, 0.5) is 0 Å². The molecular weight excluding hydrogens is 420 g/mol. The van der Waals surface area contributed by atoms with Crippen molar-refractivity contribution in [3.63, 3.8) is 0 Å². The number of nitrogens with zero attached hydrogens (tertiary/aromatic N) is 2. The van der Waals surface area contributed by atoms with Crippen LogP contribution in [0, 0.1) is 0 Å². The largest absolute Gasteiger partial charge is 0.319 e. The van der Waals surface area contributed by atoms with E-state index >= 15 is 0 Å². The number of halogens is 2. The Kier molecular flexibility index (Phi) is 6.03. The normalized spacial score (nSPS) is 11.0. The molecular formula is C23H22BrClN2. The van der Waals surface area contributed by atoms with Crippen LogP contribution in [0.25, 0.3) is 22.4 Å². The van der Waals surface area contributed by atoms with Crippen LogP contribution in [0.1, 0.15) is 30.9 Å². The van der Waals surface area contributed by atoms with Crippen LogP contribution in [-0.4, -0.2) is 9.55 Å². The van der Waals surface area contributed by atoms with E-state index in [0.717, 1.165) is 33.4 Å². The second kappa shape index (κ2) is 8.28. The maximum atomic E-state index is 4.91. The highest BCUT2D eigenvalue weighted by molar-refractivity contribution is 9.10. The number of hydrogen-bond donors (Lipinski definition) is 0. The molecule has 0 bridgehead atoms. The summed E-state index contributed by atoms with van der Waals surface area (Å²) in [7, 11) is 0. The van der Waals surface area contributed by atoms with E-state index in [4.69, 9.17) is 4.98 Å². The summed E-state index contributed by atoms with van der Waals surface area (Å²) in [5.41, 5.74) is 5.97. The van der Waals surface area contributed by atoms with Crippen LogP contribution < -0.4 is 0 Å². The molecule has 0 unspecified atom stereocenters. The van der Waals surface area contributed by atoms with E-state index in [2.05, 4.69) is 95.0 Å². The van der Waals surface area contributed by atoms with E-state index in [1.807, 2.05) is 12.1 Å². The van der Waals surface area contributed by atoms with Crippen LogP contribution in [-0.2, 0) is 6.54 Å². The maximum absolute atomic E-state index is 4.91. The number of hydrogen-bond acceptors (Lipinski definition) is 1. The quantitative estimate of drug-likeness (QED) is 0.331. The Bertz CT molecular complexity index is 1050. The van der Waals surface area contributed by atoms with E-state index in [9.17, 15) is 0 Å². The summed E-state index contributed by atoms with van der Waals surface area (Å²) >= 11 is 3.58. The minimum absolute atomic E-state index is 0. The lowest BCUT2D eigenvalue weighted by atomic mass is 10.0. The summed E-state index contributed by atoms with van der Waals surface area (Å²) in [6, 6.07) is 25.6. The van der Waals surface area contributed by atoms with Crippen molar-refractivity contribution in [1.29, 1.82) is 0 Å². The van der Waals surface area contributed by atoms with Gasteiger partial charge < -0.3 is 4.57 Å². The van der Waals surface area contributed by atoms with Crippen molar-refractivity contribution in [2.75, 3.05) is 0 Å². The van der Waals surface area contributed by atoms with Crippen molar-refractivity contribution in [3.8, 4) is 11.4 Å². The first-order chi connectivity index (χ1) is 12.6. The fraction of sp³-hybridized carbons (Fsp3) is 0.174. The van der Waals surface area contributed by atoms with Gasteiger partial charge in [-0.2, -0.15) is 0 Å². The number of para-hydroxylation sites is 2. The summed E-state index contributed by atoms with van der Waals surface area (Å²) in [5, 5.41) is 0. The summed E-state index contributed by atoms with van der Waals surface area (Å²) < 4.78 is 3.37. The molecule has 27 heavy (non-hydrogen) atoms. The highest BCUT2D eigenvalue weighted by atomic mass is 79.9. The number of benzene rings is 3. The fourth-order valence-electron chi connectivity index (χ4n) is 3.27. The van der Waals surface area contributed by atoms with Gasteiger partial charge >= 0.3 is 0 Å². The Morgan fingerprint density at radius 1 is 0.926 bits per heavy atom. The maximum Gasteiger partial charge on any atom is 0.141 e. The van der Waals surface area contributed by atoms with Gasteiger partial charge in [0.2, 0.25) is 0 Å². The minimum Gasteiger partial charge on any atom is -0.319 e. The van der Waals surface area contributed by atoms with Crippen molar-refractivity contribution < 1.29 is 0 Å². The van der Waals surface area contributed by atoms with Gasteiger partial charge in [0.1, 0.15) is 5.82 Å². The molecule has 0 aliphatic rings. The zero-order valence-corrected chi connectivity index (χ0v) is 17.8. The second-order valence-electron chi connectivity index (χ2n) is 6.92. The Balaban J connectivity index is 0.00000210. The van der Waals surface area contributed by atoms with Gasteiger partial charge in [0.25, 0.3) is 0 Å². The molecule has 0 amide bonds. The third-order valence-corrected chi connectivity index (χ3v) is 5.22. The number of aromatic nitrogens is 2. The second-order valence-corrected chi connectivity index (χ2v) is 7.83. The van der Waals surface area contributed by atoms with Crippen LogP contribution >= 0.6 is 28.3 Å². The van der Waals surface area contributed by atoms with Crippen LogP contribution in [0.3, 0.4) is 0 Å². The molecule has 0 aliphatic heterocycles. The third-order valence-electron chi connectivity index (χ3n) is 4.72. The molecule has 4 aromatic rings. The van der Waals surface area contributed by atoms with Crippen LogP contribution in [0.5, 0.6) is 0 Å². The first-order valence-electron chi connectivity index (χ1n) is 8.92. The minimum atomic E-state index is 0. The molecule has 0 radical (unpaired) electrons. The third kappa shape index (κ3) is 4.10. The molecule has 138 valence electrons. The zero-order chi connectivity index (χ0) is 18.1. The first-order valence-corrected chi connectivity index (χ1v) is 9.71. The first kappa shape index (κ1) is 19.7. The molecule has 4 heteroatoms. The number of fused-ring (bicyclic) bond motifs is 1. The molecule has 0 spiro atoms. The lowest BCUT2D eigenvalue weighted by Gasteiger charge is -2.11. The van der Waals surface area contributed by atoms with E-state index in [1.165, 1.54) is 11.1 Å². The van der Waals surface area contributed by atoms with E-state index in [-0.39, 0.29) is 12.4 Å². The van der Waals surface area contributed by atoms with Crippen LogP contribution in [0.2, 0.25) is 0 Å². The van der Waals surface area contributed by atoms with Gasteiger partial charge in [0.15, 0.2) is 0 Å². The molecule has 2 nitrogen and oxygen atoms in total. The molecule has 0 saturated heterocycles. The van der Waals surface area contributed by atoms with Gasteiger partial charge in [-0.05, 0) is 41.3 Å². The Morgan fingerprint density at radius 3 is 2.37 bits per heavy atom. The number of rotatable bonds is 4. The molecule has 0 aliphatic carbocycles. The monoisotopic (exact) mass is 440 g/mol. The van der Waals surface area contributed by atoms with Gasteiger partial charge in [-0.25, -0.2) is 4.98 Å². The van der Waals surface area contributed by atoms with Crippen molar-refractivity contribution in [3.05, 3.63) is 88.4 Å². The molecule has 4 rings (SSSR count). The van der Waals surface area contributed by atoms with Crippen molar-refractivity contribution >= 4 is 39.4 Å². The van der Waals surface area contributed by atoms with Gasteiger partial charge in [-0.3, -0.25) is 0 Å². The lowest BCUT2D eigenvalue weighted by molar-refractivity contribution is 0.827. The highest BCUT2D eigenvalue weighted by Crippen LogP contribution is 2.28. The zero-order valence-electron chi connectivity index (χ0n) is 15.4. The average molecular weight is 442 g/mol. The van der Waals surface area contributed by atoms with Gasteiger partial charge in [-0.15, -0.1) is 12.4 Å². The fourth-order valence-corrected chi connectivity index (χ4v) is 3.67. The smallest absolute Gasteiger partial charge is 0.141 e. The molecule has 0 atom stereocenters. The molecule has 0 saturated carbocycles. The van der Waals surface area contributed by atoms with Gasteiger partial charge in [0.05, 0.1) is 11.0 Å². The van der Waals surface area contributed by atoms with Gasteiger partial charge in [-0.1, -0.05) is 78.3 Å². The number of imidazole rings is 1. The Morgan fingerprint density at radius 2 is 1.67 bits per heavy atom. The molecule has 1 aromatic heterocycles. The highest BCUT2D eigenvalue weighted by Gasteiger charge is 2.13. The van der Waals surface area contributed by atoms with E-state index in [0.29, 0.717) is 5.92 Å². The predicted octanol–water partition coefficient (Wildman–Crippen LogP) is 7.06. The SMILES string of the molecule is CC(C)c1ccc(Cn2c(-c3cccc(Br)c3)nc3ccccc32)cc1.Cl. The van der Waals surface area contributed by atoms with Crippen molar-refractivity contribution in [1.82, 2.24) is 9.55 Å². The summed E-state index contributed by atoms with van der Waals surface area (Å²) in [6.07, 6.45) is 0. The van der Waals surface area contributed by atoms with Crippen molar-refractivity contribution in [2.24, 2.45) is 0 Å². The molecule has 1 heterocycles. The summed E-state index contributed by atoms with van der Waals surface area (Å²) in [5.74, 6) is 1.55. The predicted molar refractivity (Wildman–Crippen MR) is 120 cm³/mol. The Labute approximate surface area is 174 Å². The molecule has 0 N–H and O–H groups in total. The van der Waals surface area contributed by atoms with Gasteiger partial charge in [0, 0.05) is 16.6 Å². The van der Waals surface area contributed by atoms with E-state index < -0.39 is 0 Å². The average Bonchev–Trinajstić information content (AvgIpc) is 3.01. The molecule has 0 fully saturated rings.